The van der Waals surface area contributed by atoms with Crippen LogP contribution in [0.3, 0.4) is 0 Å². The zero-order valence-electron chi connectivity index (χ0n) is 13.7. The van der Waals surface area contributed by atoms with Gasteiger partial charge in [-0.2, -0.15) is 0 Å². The van der Waals surface area contributed by atoms with Gasteiger partial charge in [0.05, 0.1) is 11.3 Å². The number of nitrogens with zero attached hydrogens (tertiary/aromatic N) is 1. The Morgan fingerprint density at radius 1 is 1.22 bits per heavy atom. The van der Waals surface area contributed by atoms with Gasteiger partial charge in [0.25, 0.3) is 0 Å². The van der Waals surface area contributed by atoms with Crippen LogP contribution in [0.1, 0.15) is 38.2 Å². The molecule has 1 aliphatic heterocycles. The molecule has 1 aliphatic carbocycles. The second-order valence-electron chi connectivity index (χ2n) is 7.38. The van der Waals surface area contributed by atoms with Crippen LogP contribution >= 0.6 is 0 Å². The van der Waals surface area contributed by atoms with E-state index in [-0.39, 0.29) is 17.2 Å². The Labute approximate surface area is 137 Å². The highest BCUT2D eigenvalue weighted by Gasteiger charge is 2.47. The predicted octanol–water partition coefficient (Wildman–Crippen LogP) is 2.97. The molecule has 0 bridgehead atoms. The van der Waals surface area contributed by atoms with Crippen LogP contribution in [-0.4, -0.2) is 35.0 Å². The number of carboxylic acid groups (broad SMARTS) is 1. The van der Waals surface area contributed by atoms with E-state index in [2.05, 4.69) is 12.1 Å². The normalized spacial score (nSPS) is 26.4. The van der Waals surface area contributed by atoms with Crippen LogP contribution in [-0.2, 0) is 16.0 Å². The zero-order chi connectivity index (χ0) is 16.4. The van der Waals surface area contributed by atoms with Crippen LogP contribution in [0.4, 0.5) is 0 Å². The molecule has 1 saturated carbocycles. The van der Waals surface area contributed by atoms with E-state index in [9.17, 15) is 14.7 Å². The summed E-state index contributed by atoms with van der Waals surface area (Å²) in [6.07, 6.45) is 4.37. The Kier molecular flexibility index (Phi) is 4.42. The average molecular weight is 315 g/mol. The van der Waals surface area contributed by atoms with Crippen molar-refractivity contribution in [2.75, 3.05) is 13.1 Å². The summed E-state index contributed by atoms with van der Waals surface area (Å²) >= 11 is 0. The van der Waals surface area contributed by atoms with Crippen LogP contribution in [0.5, 0.6) is 0 Å². The molecule has 1 aromatic rings. The highest BCUT2D eigenvalue weighted by Crippen LogP contribution is 2.46. The summed E-state index contributed by atoms with van der Waals surface area (Å²) in [5, 5.41) is 9.33. The van der Waals surface area contributed by atoms with Crippen molar-refractivity contribution >= 4 is 11.9 Å². The van der Waals surface area contributed by atoms with E-state index in [0.717, 1.165) is 25.7 Å². The Morgan fingerprint density at radius 3 is 2.48 bits per heavy atom. The number of carbonyl (C=O) groups excluding carboxylic acids is 1. The van der Waals surface area contributed by atoms with Gasteiger partial charge in [-0.25, -0.2) is 0 Å². The fourth-order valence-corrected chi connectivity index (χ4v) is 4.09. The Bertz CT molecular complexity index is 580. The molecule has 0 aromatic heterocycles. The predicted molar refractivity (Wildman–Crippen MR) is 87.9 cm³/mol. The van der Waals surface area contributed by atoms with Crippen LogP contribution in [0, 0.1) is 17.3 Å². The topological polar surface area (TPSA) is 57.6 Å². The molecule has 3 rings (SSSR count). The van der Waals surface area contributed by atoms with E-state index in [1.807, 2.05) is 30.0 Å². The number of rotatable bonds is 4. The Balaban J connectivity index is 1.75. The molecule has 4 heteroatoms. The monoisotopic (exact) mass is 315 g/mol. The molecule has 0 spiro atoms. The van der Waals surface area contributed by atoms with Gasteiger partial charge in [-0.3, -0.25) is 9.59 Å². The highest BCUT2D eigenvalue weighted by atomic mass is 16.4. The minimum Gasteiger partial charge on any atom is -0.481 e. The van der Waals surface area contributed by atoms with Gasteiger partial charge in [0, 0.05) is 13.1 Å². The van der Waals surface area contributed by atoms with Gasteiger partial charge in [-0.15, -0.1) is 0 Å². The Hall–Kier alpha value is -1.84. The van der Waals surface area contributed by atoms with Crippen molar-refractivity contribution in [1.29, 1.82) is 0 Å². The number of carbonyl (C=O) groups is 2. The van der Waals surface area contributed by atoms with E-state index >= 15 is 0 Å². The molecule has 4 nitrogen and oxygen atoms in total. The summed E-state index contributed by atoms with van der Waals surface area (Å²) < 4.78 is 0. The van der Waals surface area contributed by atoms with E-state index < -0.39 is 11.9 Å². The average Bonchev–Trinajstić information content (AvgIpc) is 2.50. The second kappa shape index (κ2) is 6.34. The van der Waals surface area contributed by atoms with Crippen molar-refractivity contribution < 1.29 is 14.7 Å². The highest BCUT2D eigenvalue weighted by molar-refractivity contribution is 5.85. The standard InChI is InChI=1S/C19H25NO3/c1-14-10-16(17(21)22)13-20(12-14)18(23)19(8-5-9-19)11-15-6-3-2-4-7-15/h2-4,6-7,14,16H,5,8-13H2,1H3,(H,21,22). The number of piperidine rings is 1. The number of likely N-dealkylation sites (tertiary alicyclic amines) is 1. The van der Waals surface area contributed by atoms with Gasteiger partial charge >= 0.3 is 5.97 Å². The third kappa shape index (κ3) is 3.26. The third-order valence-electron chi connectivity index (χ3n) is 5.45. The van der Waals surface area contributed by atoms with Gasteiger partial charge in [0.1, 0.15) is 0 Å². The molecule has 1 aromatic carbocycles. The van der Waals surface area contributed by atoms with Crippen molar-refractivity contribution in [2.24, 2.45) is 17.3 Å². The van der Waals surface area contributed by atoms with E-state index in [0.29, 0.717) is 19.5 Å². The maximum Gasteiger partial charge on any atom is 0.308 e. The van der Waals surface area contributed by atoms with Crippen molar-refractivity contribution in [2.45, 2.75) is 39.0 Å². The van der Waals surface area contributed by atoms with Gasteiger partial charge in [0.2, 0.25) is 5.91 Å². The number of hydrogen-bond donors (Lipinski definition) is 1. The molecule has 1 amide bonds. The van der Waals surface area contributed by atoms with Crippen molar-refractivity contribution in [1.82, 2.24) is 4.90 Å². The largest absolute Gasteiger partial charge is 0.481 e. The fraction of sp³-hybridized carbons (Fsp3) is 0.579. The first kappa shape index (κ1) is 16.0. The van der Waals surface area contributed by atoms with Crippen molar-refractivity contribution in [3.63, 3.8) is 0 Å². The summed E-state index contributed by atoms with van der Waals surface area (Å²) in [4.78, 5) is 26.3. The number of hydrogen-bond acceptors (Lipinski definition) is 2. The summed E-state index contributed by atoms with van der Waals surface area (Å²) in [5.74, 6) is -0.773. The Morgan fingerprint density at radius 2 is 1.91 bits per heavy atom. The first-order valence-electron chi connectivity index (χ1n) is 8.56. The molecule has 1 N–H and O–H groups in total. The molecule has 2 aliphatic rings. The number of carboxylic acids is 1. The SMILES string of the molecule is CC1CC(C(=O)O)CN(C(=O)C2(Cc3ccccc3)CCC2)C1. The molecular weight excluding hydrogens is 290 g/mol. The minimum absolute atomic E-state index is 0.172. The van der Waals surface area contributed by atoms with E-state index in [4.69, 9.17) is 0 Å². The van der Waals surface area contributed by atoms with E-state index in [1.54, 1.807) is 0 Å². The molecule has 2 unspecified atom stereocenters. The maximum absolute atomic E-state index is 13.2. The maximum atomic E-state index is 13.2. The summed E-state index contributed by atoms with van der Waals surface area (Å²) in [6.45, 7) is 3.11. The molecule has 2 atom stereocenters. The number of benzene rings is 1. The quantitative estimate of drug-likeness (QED) is 0.929. The molecule has 1 heterocycles. The summed E-state index contributed by atoms with van der Waals surface area (Å²) in [6, 6.07) is 10.2. The first-order chi connectivity index (χ1) is 11.0. The number of amides is 1. The van der Waals surface area contributed by atoms with Crippen LogP contribution in [0.2, 0.25) is 0 Å². The second-order valence-corrected chi connectivity index (χ2v) is 7.38. The smallest absolute Gasteiger partial charge is 0.308 e. The lowest BCUT2D eigenvalue weighted by Gasteiger charge is -2.46. The molecule has 23 heavy (non-hydrogen) atoms. The summed E-state index contributed by atoms with van der Waals surface area (Å²) in [7, 11) is 0. The lowest BCUT2D eigenvalue weighted by molar-refractivity contribution is -0.154. The zero-order valence-corrected chi connectivity index (χ0v) is 13.7. The van der Waals surface area contributed by atoms with Gasteiger partial charge in [-0.05, 0) is 37.2 Å². The van der Waals surface area contributed by atoms with Crippen LogP contribution in [0.25, 0.3) is 0 Å². The van der Waals surface area contributed by atoms with E-state index in [1.165, 1.54) is 5.56 Å². The molecule has 0 radical (unpaired) electrons. The number of aliphatic carboxylic acids is 1. The van der Waals surface area contributed by atoms with Crippen LogP contribution < -0.4 is 0 Å². The minimum atomic E-state index is -0.778. The molecule has 2 fully saturated rings. The lowest BCUT2D eigenvalue weighted by atomic mass is 9.64. The van der Waals surface area contributed by atoms with Gasteiger partial charge < -0.3 is 10.0 Å². The summed E-state index contributed by atoms with van der Waals surface area (Å²) in [5.41, 5.74) is 0.891. The van der Waals surface area contributed by atoms with Crippen molar-refractivity contribution in [3.8, 4) is 0 Å². The van der Waals surface area contributed by atoms with Crippen LogP contribution in [0.15, 0.2) is 30.3 Å². The molecule has 124 valence electrons. The molecule has 1 saturated heterocycles. The third-order valence-corrected chi connectivity index (χ3v) is 5.45. The lowest BCUT2D eigenvalue weighted by Crippen LogP contribution is -2.54. The first-order valence-corrected chi connectivity index (χ1v) is 8.56. The molecular formula is C19H25NO3. The fourth-order valence-electron chi connectivity index (χ4n) is 4.09. The van der Waals surface area contributed by atoms with Gasteiger partial charge in [-0.1, -0.05) is 43.7 Å². The van der Waals surface area contributed by atoms with Gasteiger partial charge in [0.15, 0.2) is 0 Å². The van der Waals surface area contributed by atoms with Crippen molar-refractivity contribution in [3.05, 3.63) is 35.9 Å².